The third-order valence-corrected chi connectivity index (χ3v) is 4.82. The monoisotopic (exact) mass is 222 g/mol. The molecule has 0 bridgehead atoms. The number of likely N-dealkylation sites (N-methyl/N-ethyl adjacent to an activating group) is 1. The molecule has 0 spiro atoms. The largest absolute Gasteiger partial charge is 0.460 e. The van der Waals surface area contributed by atoms with Gasteiger partial charge in [0.05, 0.1) is 6.54 Å². The van der Waals surface area contributed by atoms with Gasteiger partial charge in [-0.2, -0.15) is 12.3 Å². The van der Waals surface area contributed by atoms with E-state index in [0.717, 1.165) is 0 Å². The van der Waals surface area contributed by atoms with Gasteiger partial charge in [0, 0.05) is 6.42 Å². The molecule has 1 heterocycles. The number of hydrogen-bond acceptors (Lipinski definition) is 4. The van der Waals surface area contributed by atoms with E-state index < -0.39 is 10.0 Å². The first-order valence-corrected chi connectivity index (χ1v) is 6.33. The zero-order chi connectivity index (χ0) is 10.8. The first-order valence-electron chi connectivity index (χ1n) is 4.72. The Balaban J connectivity index is 2.35. The minimum Gasteiger partial charge on any atom is -0.460 e. The Kier molecular flexibility index (Phi) is 3.16. The second-order valence-electron chi connectivity index (χ2n) is 3.38. The van der Waals surface area contributed by atoms with Crippen LogP contribution in [-0.4, -0.2) is 43.8 Å². The van der Waals surface area contributed by atoms with Crippen molar-refractivity contribution in [2.75, 3.05) is 25.6 Å². The molecule has 1 atom stereocenters. The summed E-state index contributed by atoms with van der Waals surface area (Å²) in [7, 11) is -2.93. The standard InChI is InChI=1S/C8H16NO4S/c1-3-8(10)13-6-5-9(4-2)7-14(9,11)12/h3-7H2,1-2H3/q+1. The maximum atomic E-state index is 11.2. The van der Waals surface area contributed by atoms with Gasteiger partial charge in [0.15, 0.2) is 0 Å². The molecular formula is C8H16NO4S+. The number of rotatable bonds is 5. The van der Waals surface area contributed by atoms with Crippen molar-refractivity contribution in [2.24, 2.45) is 0 Å². The molecule has 5 nitrogen and oxygen atoms in total. The molecule has 1 aliphatic heterocycles. The van der Waals surface area contributed by atoms with E-state index in [-0.39, 0.29) is 22.3 Å². The molecule has 6 heteroatoms. The molecule has 0 aliphatic carbocycles. The number of esters is 1. The van der Waals surface area contributed by atoms with Gasteiger partial charge in [-0.05, 0) is 6.92 Å². The van der Waals surface area contributed by atoms with Crippen LogP contribution in [0.2, 0.25) is 0 Å². The molecule has 1 rings (SSSR count). The summed E-state index contributed by atoms with van der Waals surface area (Å²) in [5, 5.41) is 0. The zero-order valence-corrected chi connectivity index (χ0v) is 9.34. The summed E-state index contributed by atoms with van der Waals surface area (Å²) >= 11 is 0. The van der Waals surface area contributed by atoms with E-state index in [9.17, 15) is 13.2 Å². The molecule has 0 radical (unpaired) electrons. The highest BCUT2D eigenvalue weighted by atomic mass is 32.2. The SMILES string of the molecule is CCC(=O)OCC[N+]1(CC)CS1(=O)=O. The Labute approximate surface area is 84.3 Å². The zero-order valence-electron chi connectivity index (χ0n) is 8.52. The van der Waals surface area contributed by atoms with Crippen molar-refractivity contribution in [3.8, 4) is 0 Å². The summed E-state index contributed by atoms with van der Waals surface area (Å²) in [5.41, 5.74) is 0. The average molecular weight is 222 g/mol. The predicted molar refractivity (Wildman–Crippen MR) is 50.7 cm³/mol. The molecule has 14 heavy (non-hydrogen) atoms. The molecule has 0 saturated carbocycles. The van der Waals surface area contributed by atoms with Gasteiger partial charge < -0.3 is 4.74 Å². The Morgan fingerprint density at radius 3 is 2.36 bits per heavy atom. The highest BCUT2D eigenvalue weighted by Crippen LogP contribution is 2.32. The van der Waals surface area contributed by atoms with E-state index in [0.29, 0.717) is 19.5 Å². The molecule has 0 aromatic heterocycles. The molecule has 0 N–H and O–H groups in total. The maximum Gasteiger partial charge on any atom is 0.350 e. The lowest BCUT2D eigenvalue weighted by Gasteiger charge is -2.11. The number of sulfonamides is 1. The van der Waals surface area contributed by atoms with Gasteiger partial charge in [-0.3, -0.25) is 4.79 Å². The van der Waals surface area contributed by atoms with Gasteiger partial charge in [-0.15, -0.1) is 0 Å². The third-order valence-electron chi connectivity index (χ3n) is 2.54. The minimum atomic E-state index is -2.93. The Morgan fingerprint density at radius 1 is 1.43 bits per heavy atom. The molecule has 0 aromatic carbocycles. The molecule has 0 aromatic rings. The van der Waals surface area contributed by atoms with E-state index in [1.54, 1.807) is 6.92 Å². The molecular weight excluding hydrogens is 206 g/mol. The second kappa shape index (κ2) is 3.86. The second-order valence-corrected chi connectivity index (χ2v) is 5.58. The van der Waals surface area contributed by atoms with Crippen LogP contribution in [0.5, 0.6) is 0 Å². The van der Waals surface area contributed by atoms with Gasteiger partial charge in [0.25, 0.3) is 0 Å². The van der Waals surface area contributed by atoms with E-state index in [1.807, 2.05) is 6.92 Å². The maximum absolute atomic E-state index is 11.2. The fourth-order valence-electron chi connectivity index (χ4n) is 1.35. The summed E-state index contributed by atoms with van der Waals surface area (Å²) in [6.45, 7) is 4.66. The normalized spacial score (nSPS) is 28.4. The number of nitrogens with zero attached hydrogens (tertiary/aromatic N) is 1. The minimum absolute atomic E-state index is 0.0734. The van der Waals surface area contributed by atoms with Crippen molar-refractivity contribution in [2.45, 2.75) is 20.3 Å². The lowest BCUT2D eigenvalue weighted by atomic mass is 10.5. The van der Waals surface area contributed by atoms with Crippen LogP contribution in [-0.2, 0) is 19.6 Å². The number of hydrogen-bond donors (Lipinski definition) is 0. The van der Waals surface area contributed by atoms with Crippen molar-refractivity contribution in [3.63, 3.8) is 0 Å². The van der Waals surface area contributed by atoms with Crippen molar-refractivity contribution in [1.29, 1.82) is 0 Å². The lowest BCUT2D eigenvalue weighted by Crippen LogP contribution is -2.31. The quantitative estimate of drug-likeness (QED) is 0.375. The highest BCUT2D eigenvalue weighted by Gasteiger charge is 2.60. The number of carbonyl (C=O) groups is 1. The summed E-state index contributed by atoms with van der Waals surface area (Å²) in [4.78, 5) is 10.8. The van der Waals surface area contributed by atoms with Crippen LogP contribution in [0.4, 0.5) is 0 Å². The van der Waals surface area contributed by atoms with E-state index in [4.69, 9.17) is 4.74 Å². The summed E-state index contributed by atoms with van der Waals surface area (Å²) < 4.78 is 27.3. The van der Waals surface area contributed by atoms with Gasteiger partial charge in [0.1, 0.15) is 13.2 Å². The molecule has 0 amide bonds. The first kappa shape index (κ1) is 11.5. The number of ether oxygens (including phenoxy) is 1. The fraction of sp³-hybridized carbons (Fsp3) is 0.875. The van der Waals surface area contributed by atoms with Crippen molar-refractivity contribution < 1.29 is 21.8 Å². The smallest absolute Gasteiger partial charge is 0.350 e. The van der Waals surface area contributed by atoms with Crippen LogP contribution in [0.1, 0.15) is 20.3 Å². The molecule has 1 aliphatic rings. The van der Waals surface area contributed by atoms with E-state index >= 15 is 0 Å². The molecule has 82 valence electrons. The number of carbonyl (C=O) groups excluding carboxylic acids is 1. The van der Waals surface area contributed by atoms with E-state index in [2.05, 4.69) is 0 Å². The van der Waals surface area contributed by atoms with Crippen molar-refractivity contribution >= 4 is 16.0 Å². The van der Waals surface area contributed by atoms with Gasteiger partial charge in [-0.1, -0.05) is 6.92 Å². The summed E-state index contributed by atoms with van der Waals surface area (Å²) in [5.74, 6) is -0.0915. The van der Waals surface area contributed by atoms with Crippen LogP contribution >= 0.6 is 0 Å². The fourth-order valence-corrected chi connectivity index (χ4v) is 3.21. The van der Waals surface area contributed by atoms with Gasteiger partial charge in [0.2, 0.25) is 5.88 Å². The van der Waals surface area contributed by atoms with Crippen LogP contribution in [0.3, 0.4) is 0 Å². The lowest BCUT2D eigenvalue weighted by molar-refractivity contribution is -0.731. The highest BCUT2D eigenvalue weighted by molar-refractivity contribution is 7.90. The van der Waals surface area contributed by atoms with Gasteiger partial charge in [-0.25, -0.2) is 0 Å². The Hall–Kier alpha value is -0.620. The van der Waals surface area contributed by atoms with E-state index in [1.165, 1.54) is 0 Å². The van der Waals surface area contributed by atoms with Crippen molar-refractivity contribution in [1.82, 2.24) is 0 Å². The number of quaternary nitrogens is 1. The molecule has 1 saturated heterocycles. The average Bonchev–Trinajstić information content (AvgIpc) is 2.69. The molecule has 1 unspecified atom stereocenters. The Bertz CT molecular complexity index is 324. The predicted octanol–water partition coefficient (Wildman–Crippen LogP) is 0.0772. The summed E-state index contributed by atoms with van der Waals surface area (Å²) in [6.07, 6.45) is 0.332. The summed E-state index contributed by atoms with van der Waals surface area (Å²) in [6, 6.07) is 0. The van der Waals surface area contributed by atoms with Crippen LogP contribution < -0.4 is 0 Å². The van der Waals surface area contributed by atoms with Crippen LogP contribution in [0, 0.1) is 0 Å². The van der Waals surface area contributed by atoms with Crippen LogP contribution in [0.15, 0.2) is 0 Å². The van der Waals surface area contributed by atoms with Crippen LogP contribution in [0.25, 0.3) is 0 Å². The van der Waals surface area contributed by atoms with Crippen molar-refractivity contribution in [3.05, 3.63) is 0 Å². The Morgan fingerprint density at radius 2 is 2.00 bits per heavy atom. The first-order chi connectivity index (χ1) is 6.47. The van der Waals surface area contributed by atoms with Gasteiger partial charge >= 0.3 is 16.0 Å². The molecule has 1 fully saturated rings. The topological polar surface area (TPSA) is 60.4 Å². The third kappa shape index (κ3) is 2.06.